The smallest absolute Gasteiger partial charge is 0.462 e. The third kappa shape index (κ3) is 51.1. The third-order valence-corrected chi connectivity index (χ3v) is 14.1. The molecule has 0 saturated carbocycles. The van der Waals surface area contributed by atoms with E-state index in [0.717, 1.165) is 77.0 Å². The van der Waals surface area contributed by atoms with Gasteiger partial charge in [-0.05, 0) is 44.9 Å². The topological polar surface area (TPSA) is 155 Å². The summed E-state index contributed by atoms with van der Waals surface area (Å²) in [6, 6.07) is 0. The fourth-order valence-corrected chi connectivity index (χ4v) is 9.43. The Hall–Kier alpha value is -1.78. The number of carbonyl (C=O) groups excluding carboxylic acids is 3. The van der Waals surface area contributed by atoms with Crippen molar-refractivity contribution < 1.29 is 52.2 Å². The monoisotopic (exact) mass is 1010 g/mol. The molecule has 0 heterocycles. The summed E-state index contributed by atoms with van der Waals surface area (Å²) < 4.78 is 39.5. The third-order valence-electron chi connectivity index (χ3n) is 13.2. The maximum absolute atomic E-state index is 12.9. The molecule has 0 spiro atoms. The van der Waals surface area contributed by atoms with Gasteiger partial charge < -0.3 is 24.2 Å². The molecule has 3 atom stereocenters. The van der Waals surface area contributed by atoms with Gasteiger partial charge in [0.25, 0.3) is 0 Å². The average molecular weight is 1020 g/mol. The van der Waals surface area contributed by atoms with Crippen molar-refractivity contribution in [2.24, 2.45) is 0 Å². The quantitative estimate of drug-likeness (QED) is 0.0197. The lowest BCUT2D eigenvalue weighted by Crippen LogP contribution is -2.30. The van der Waals surface area contributed by atoms with Crippen LogP contribution in [0.1, 0.15) is 303 Å². The van der Waals surface area contributed by atoms with E-state index in [1.807, 2.05) is 0 Å². The molecule has 414 valence electrons. The molecular weight excluding hydrogens is 904 g/mol. The minimum absolute atomic E-state index is 0.164. The summed E-state index contributed by atoms with van der Waals surface area (Å²) in [6.45, 7) is 4.69. The number of aliphatic hydroxyl groups is 1. The van der Waals surface area contributed by atoms with Crippen LogP contribution < -0.4 is 0 Å². The van der Waals surface area contributed by atoms with Crippen molar-refractivity contribution in [3.05, 3.63) is 12.2 Å². The summed E-state index contributed by atoms with van der Waals surface area (Å²) in [5, 5.41) is 9.81. The highest BCUT2D eigenvalue weighted by Gasteiger charge is 2.28. The minimum Gasteiger partial charge on any atom is -0.462 e. The molecule has 2 N–H and O–H groups in total. The number of phosphoric ester groups is 1. The largest absolute Gasteiger partial charge is 0.472 e. The lowest BCUT2D eigenvalue weighted by Gasteiger charge is -2.21. The van der Waals surface area contributed by atoms with Crippen LogP contribution in [0.5, 0.6) is 0 Å². The average Bonchev–Trinajstić information content (AvgIpc) is 3.35. The molecule has 0 aliphatic heterocycles. The van der Waals surface area contributed by atoms with Crippen LogP contribution in [-0.2, 0) is 42.2 Å². The number of aliphatic hydroxyl groups excluding tert-OH is 1. The van der Waals surface area contributed by atoms with Crippen LogP contribution in [0, 0.1) is 0 Å². The Labute approximate surface area is 430 Å². The summed E-state index contributed by atoms with van der Waals surface area (Å²) in [5.41, 5.74) is 0. The molecule has 0 radical (unpaired) electrons. The molecule has 0 amide bonds. The summed E-state index contributed by atoms with van der Waals surface area (Å²) in [6.07, 6.45) is 51.6. The number of phosphoric acid groups is 1. The molecule has 0 aromatic heterocycles. The van der Waals surface area contributed by atoms with Gasteiger partial charge >= 0.3 is 25.7 Å². The van der Waals surface area contributed by atoms with Crippen LogP contribution in [0.2, 0.25) is 0 Å². The highest BCUT2D eigenvalue weighted by molar-refractivity contribution is 7.47. The second-order valence-electron chi connectivity index (χ2n) is 20.2. The van der Waals surface area contributed by atoms with E-state index >= 15 is 0 Å². The van der Waals surface area contributed by atoms with Crippen LogP contribution in [0.25, 0.3) is 0 Å². The number of hydrogen-bond donors (Lipinski definition) is 2. The fourth-order valence-electron chi connectivity index (χ4n) is 8.65. The van der Waals surface area contributed by atoms with Gasteiger partial charge in [0.2, 0.25) is 0 Å². The van der Waals surface area contributed by atoms with Crippen molar-refractivity contribution in [3.8, 4) is 0 Å². The highest BCUT2D eigenvalue weighted by Crippen LogP contribution is 2.43. The first-order chi connectivity index (χ1) is 34.2. The molecule has 11 nitrogen and oxygen atoms in total. The summed E-state index contributed by atoms with van der Waals surface area (Å²) in [7, 11) is -4.74. The summed E-state index contributed by atoms with van der Waals surface area (Å²) in [4.78, 5) is 48.5. The summed E-state index contributed by atoms with van der Waals surface area (Å²) in [5.74, 6) is -1.44. The fraction of sp³-hybridized carbons (Fsp3) is 0.914. The first-order valence-corrected chi connectivity index (χ1v) is 31.1. The van der Waals surface area contributed by atoms with Crippen LogP contribution in [0.4, 0.5) is 0 Å². The molecule has 0 aliphatic rings. The molecule has 70 heavy (non-hydrogen) atoms. The molecule has 0 aromatic carbocycles. The van der Waals surface area contributed by atoms with Crippen molar-refractivity contribution in [2.45, 2.75) is 315 Å². The molecule has 3 unspecified atom stereocenters. The van der Waals surface area contributed by atoms with Gasteiger partial charge in [0.15, 0.2) is 6.10 Å². The van der Waals surface area contributed by atoms with Crippen molar-refractivity contribution in [1.29, 1.82) is 0 Å². The Kier molecular flexibility index (Phi) is 52.1. The normalized spacial score (nSPS) is 13.4. The zero-order valence-corrected chi connectivity index (χ0v) is 46.7. The van der Waals surface area contributed by atoms with E-state index in [1.54, 1.807) is 0 Å². The number of carbonyl (C=O) groups is 3. The maximum Gasteiger partial charge on any atom is 0.472 e. The maximum atomic E-state index is 12.9. The number of allylic oxidation sites excluding steroid dienone is 2. The van der Waals surface area contributed by atoms with E-state index < -0.39 is 57.8 Å². The second-order valence-corrected chi connectivity index (χ2v) is 21.6. The van der Waals surface area contributed by atoms with E-state index in [9.17, 15) is 28.9 Å². The van der Waals surface area contributed by atoms with E-state index in [-0.39, 0.29) is 25.9 Å². The minimum atomic E-state index is -4.74. The van der Waals surface area contributed by atoms with Crippen LogP contribution in [-0.4, -0.2) is 66.5 Å². The standard InChI is InChI=1S/C58H111O11P/c1-4-7-10-13-16-19-22-25-27-30-33-36-39-42-45-48-57(61)68-54(50-59)52-66-70(63,64)67-53-55(51-65-56(60)47-44-41-38-35-32-29-24-21-18-15-12-9-6-3)69-58(62)49-46-43-40-37-34-31-28-26-23-20-17-14-11-8-5-2/h26,28,54-55,59H,4-25,27,29-53H2,1-3H3,(H,63,64)/b28-26-. The SMILES string of the molecule is CCCCCCCC/C=C\CCCCCCCC(=O)OC(COC(=O)CCCCCCCCCCCCCCC)COP(=O)(O)OCC(CO)OC(=O)CCCCCCCCCCCCCCCCC. The highest BCUT2D eigenvalue weighted by atomic mass is 31.2. The van der Waals surface area contributed by atoms with E-state index in [0.29, 0.717) is 19.3 Å². The Morgan fingerprint density at radius 1 is 0.386 bits per heavy atom. The molecule has 0 bridgehead atoms. The predicted molar refractivity (Wildman–Crippen MR) is 289 cm³/mol. The van der Waals surface area contributed by atoms with Gasteiger partial charge in [-0.2, -0.15) is 0 Å². The number of esters is 3. The molecule has 12 heteroatoms. The Balaban J connectivity index is 4.66. The van der Waals surface area contributed by atoms with E-state index in [2.05, 4.69) is 32.9 Å². The van der Waals surface area contributed by atoms with Crippen LogP contribution in [0.3, 0.4) is 0 Å². The number of ether oxygens (including phenoxy) is 3. The van der Waals surface area contributed by atoms with Crippen molar-refractivity contribution in [2.75, 3.05) is 26.4 Å². The van der Waals surface area contributed by atoms with Crippen molar-refractivity contribution in [1.82, 2.24) is 0 Å². The zero-order valence-electron chi connectivity index (χ0n) is 45.8. The van der Waals surface area contributed by atoms with Gasteiger partial charge in [-0.1, -0.05) is 251 Å². The molecule has 0 rings (SSSR count). The molecule has 0 saturated heterocycles. The van der Waals surface area contributed by atoms with Crippen molar-refractivity contribution in [3.63, 3.8) is 0 Å². The number of unbranched alkanes of at least 4 members (excludes halogenated alkanes) is 37. The van der Waals surface area contributed by atoms with Gasteiger partial charge in [0, 0.05) is 19.3 Å². The van der Waals surface area contributed by atoms with Crippen LogP contribution >= 0.6 is 7.82 Å². The van der Waals surface area contributed by atoms with Crippen LogP contribution in [0.15, 0.2) is 12.2 Å². The van der Waals surface area contributed by atoms with Gasteiger partial charge in [0.05, 0.1) is 19.8 Å². The Bertz CT molecular complexity index is 1230. The van der Waals surface area contributed by atoms with Gasteiger partial charge in [-0.15, -0.1) is 0 Å². The summed E-state index contributed by atoms with van der Waals surface area (Å²) >= 11 is 0. The second kappa shape index (κ2) is 53.5. The van der Waals surface area contributed by atoms with Crippen molar-refractivity contribution >= 4 is 25.7 Å². The zero-order chi connectivity index (χ0) is 51.3. The Morgan fingerprint density at radius 3 is 0.986 bits per heavy atom. The number of hydrogen-bond acceptors (Lipinski definition) is 10. The predicted octanol–water partition coefficient (Wildman–Crippen LogP) is 17.3. The van der Waals surface area contributed by atoms with E-state index in [4.69, 9.17) is 23.3 Å². The lowest BCUT2D eigenvalue weighted by atomic mass is 10.0. The molecule has 0 aromatic rings. The van der Waals surface area contributed by atoms with Gasteiger partial charge in [0.1, 0.15) is 12.7 Å². The van der Waals surface area contributed by atoms with E-state index in [1.165, 1.54) is 167 Å². The molecule has 0 aliphatic carbocycles. The van der Waals surface area contributed by atoms with Gasteiger partial charge in [-0.25, -0.2) is 4.57 Å². The lowest BCUT2D eigenvalue weighted by molar-refractivity contribution is -0.161. The molecule has 0 fully saturated rings. The first kappa shape index (κ1) is 68.2. The first-order valence-electron chi connectivity index (χ1n) is 29.6. The van der Waals surface area contributed by atoms with Gasteiger partial charge in [-0.3, -0.25) is 23.4 Å². The molecular formula is C58H111O11P. The number of rotatable bonds is 56. The Morgan fingerprint density at radius 2 is 0.657 bits per heavy atom.